The summed E-state index contributed by atoms with van der Waals surface area (Å²) in [7, 11) is 1.66. The van der Waals surface area contributed by atoms with Crippen LogP contribution in [-0.4, -0.2) is 27.2 Å². The van der Waals surface area contributed by atoms with Crippen LogP contribution in [0.4, 0.5) is 0 Å². The van der Waals surface area contributed by atoms with Crippen molar-refractivity contribution >= 4 is 11.0 Å². The number of fused-ring (bicyclic) bond motifs is 1. The Balaban J connectivity index is 1.51. The summed E-state index contributed by atoms with van der Waals surface area (Å²) in [5.41, 5.74) is 7.73. The monoisotopic (exact) mass is 431 g/mol. The van der Waals surface area contributed by atoms with Gasteiger partial charge < -0.3 is 14.6 Å². The molecular formula is C26H29N3O3. The third-order valence-corrected chi connectivity index (χ3v) is 5.95. The predicted octanol–water partition coefficient (Wildman–Crippen LogP) is 4.88. The third kappa shape index (κ3) is 4.38. The van der Waals surface area contributed by atoms with Crippen molar-refractivity contribution in [1.82, 2.24) is 15.0 Å². The molecule has 1 unspecified atom stereocenters. The summed E-state index contributed by atoms with van der Waals surface area (Å²) < 4.78 is 13.0. The smallest absolute Gasteiger partial charge is 0.118 e. The zero-order valence-electron chi connectivity index (χ0n) is 19.0. The van der Waals surface area contributed by atoms with E-state index in [0.29, 0.717) is 13.2 Å². The fourth-order valence-electron chi connectivity index (χ4n) is 3.91. The second-order valence-corrected chi connectivity index (χ2v) is 7.98. The Hall–Kier alpha value is -3.22. The number of aliphatic hydroxyl groups excluding tert-OH is 1. The molecule has 0 fully saturated rings. The number of benzene rings is 3. The summed E-state index contributed by atoms with van der Waals surface area (Å²) in [6, 6.07) is 17.8. The van der Waals surface area contributed by atoms with Crippen LogP contribution in [0, 0.1) is 13.8 Å². The van der Waals surface area contributed by atoms with Crippen molar-refractivity contribution in [3.05, 3.63) is 88.0 Å². The fraction of sp³-hybridized carbons (Fsp3) is 0.308. The highest BCUT2D eigenvalue weighted by Gasteiger charge is 2.18. The molecule has 0 saturated carbocycles. The van der Waals surface area contributed by atoms with Crippen LogP contribution in [0.3, 0.4) is 0 Å². The zero-order chi connectivity index (χ0) is 22.7. The molecule has 6 heteroatoms. The van der Waals surface area contributed by atoms with E-state index < -0.39 is 6.10 Å². The SMILES string of the molecule is CCn1nnc2c(C)c(C(O)c3ccc(C)c(COCc4ccc(OC)cc4)c3)ccc21. The van der Waals surface area contributed by atoms with Gasteiger partial charge in [-0.25, -0.2) is 4.68 Å². The largest absolute Gasteiger partial charge is 0.497 e. The van der Waals surface area contributed by atoms with Crippen LogP contribution in [0.5, 0.6) is 5.75 Å². The van der Waals surface area contributed by atoms with E-state index in [-0.39, 0.29) is 0 Å². The van der Waals surface area contributed by atoms with Crippen LogP contribution in [0.25, 0.3) is 11.0 Å². The molecule has 0 spiro atoms. The van der Waals surface area contributed by atoms with E-state index in [1.54, 1.807) is 7.11 Å². The van der Waals surface area contributed by atoms with Gasteiger partial charge >= 0.3 is 0 Å². The number of rotatable bonds is 8. The second-order valence-electron chi connectivity index (χ2n) is 7.98. The molecular weight excluding hydrogens is 402 g/mol. The van der Waals surface area contributed by atoms with Crippen LogP contribution in [-0.2, 0) is 24.5 Å². The zero-order valence-corrected chi connectivity index (χ0v) is 19.0. The molecule has 1 heterocycles. The quantitative estimate of drug-likeness (QED) is 0.431. The Labute approximate surface area is 188 Å². The van der Waals surface area contributed by atoms with E-state index >= 15 is 0 Å². The molecule has 0 saturated heterocycles. The van der Waals surface area contributed by atoms with Crippen molar-refractivity contribution in [3.8, 4) is 5.75 Å². The van der Waals surface area contributed by atoms with Gasteiger partial charge in [0.2, 0.25) is 0 Å². The highest BCUT2D eigenvalue weighted by atomic mass is 16.5. The van der Waals surface area contributed by atoms with E-state index in [0.717, 1.165) is 56.7 Å². The minimum Gasteiger partial charge on any atom is -0.497 e. The Bertz CT molecular complexity index is 1220. The minimum atomic E-state index is -0.743. The Morgan fingerprint density at radius 2 is 1.78 bits per heavy atom. The highest BCUT2D eigenvalue weighted by Crippen LogP contribution is 2.30. The van der Waals surface area contributed by atoms with Crippen LogP contribution in [0.15, 0.2) is 54.6 Å². The number of nitrogens with zero attached hydrogens (tertiary/aromatic N) is 3. The van der Waals surface area contributed by atoms with Crippen LogP contribution in [0.1, 0.15) is 46.4 Å². The molecule has 4 rings (SSSR count). The maximum atomic E-state index is 11.2. The van der Waals surface area contributed by atoms with Gasteiger partial charge in [0.05, 0.1) is 25.8 Å². The standard InChI is InChI=1S/C26H29N3O3/c1-5-29-24-13-12-23(18(3)25(24)27-28-29)26(30)20-9-6-17(2)21(14-20)16-32-15-19-7-10-22(31-4)11-8-19/h6-14,26,30H,5,15-16H2,1-4H3. The van der Waals surface area contributed by atoms with Crippen LogP contribution < -0.4 is 4.74 Å². The van der Waals surface area contributed by atoms with E-state index in [1.807, 2.05) is 73.1 Å². The van der Waals surface area contributed by atoms with Crippen molar-refractivity contribution in [1.29, 1.82) is 0 Å². The normalized spacial score (nSPS) is 12.3. The molecule has 4 aromatic rings. The van der Waals surface area contributed by atoms with Gasteiger partial charge in [0.15, 0.2) is 0 Å². The molecule has 0 aliphatic heterocycles. The summed E-state index contributed by atoms with van der Waals surface area (Å²) in [5.74, 6) is 0.831. The number of aliphatic hydroxyl groups is 1. The highest BCUT2D eigenvalue weighted by molar-refractivity contribution is 5.79. The van der Waals surface area contributed by atoms with E-state index in [1.165, 1.54) is 0 Å². The third-order valence-electron chi connectivity index (χ3n) is 5.95. The molecule has 1 atom stereocenters. The lowest BCUT2D eigenvalue weighted by Crippen LogP contribution is -2.05. The molecule has 0 radical (unpaired) electrons. The van der Waals surface area contributed by atoms with Crippen molar-refractivity contribution in [2.24, 2.45) is 0 Å². The lowest BCUT2D eigenvalue weighted by atomic mass is 9.94. The topological polar surface area (TPSA) is 69.4 Å². The van der Waals surface area contributed by atoms with Gasteiger partial charge in [0.25, 0.3) is 0 Å². The van der Waals surface area contributed by atoms with Gasteiger partial charge in [0.1, 0.15) is 17.4 Å². The molecule has 1 N–H and O–H groups in total. The molecule has 0 amide bonds. The maximum absolute atomic E-state index is 11.2. The molecule has 0 bridgehead atoms. The molecule has 6 nitrogen and oxygen atoms in total. The minimum absolute atomic E-state index is 0.473. The van der Waals surface area contributed by atoms with E-state index in [9.17, 15) is 5.11 Å². The summed E-state index contributed by atoms with van der Waals surface area (Å²) in [6.45, 7) is 7.83. The number of methoxy groups -OCH3 is 1. The first-order chi connectivity index (χ1) is 15.5. The Morgan fingerprint density at radius 3 is 2.50 bits per heavy atom. The number of aromatic nitrogens is 3. The van der Waals surface area contributed by atoms with Crippen molar-refractivity contribution in [3.63, 3.8) is 0 Å². The number of ether oxygens (including phenoxy) is 2. The molecule has 3 aromatic carbocycles. The Morgan fingerprint density at radius 1 is 1.00 bits per heavy atom. The van der Waals surface area contributed by atoms with Crippen molar-refractivity contribution in [2.45, 2.75) is 46.6 Å². The first-order valence-corrected chi connectivity index (χ1v) is 10.8. The predicted molar refractivity (Wildman–Crippen MR) is 125 cm³/mol. The molecule has 32 heavy (non-hydrogen) atoms. The van der Waals surface area contributed by atoms with Gasteiger partial charge in [-0.1, -0.05) is 41.6 Å². The lowest BCUT2D eigenvalue weighted by molar-refractivity contribution is 0.106. The lowest BCUT2D eigenvalue weighted by Gasteiger charge is -2.17. The summed E-state index contributed by atoms with van der Waals surface area (Å²) in [6.07, 6.45) is -0.743. The first kappa shape index (κ1) is 22.0. The first-order valence-electron chi connectivity index (χ1n) is 10.8. The average Bonchev–Trinajstić information content (AvgIpc) is 3.25. The summed E-state index contributed by atoms with van der Waals surface area (Å²) >= 11 is 0. The Kier molecular flexibility index (Phi) is 6.53. The molecule has 1 aromatic heterocycles. The molecule has 0 aliphatic carbocycles. The van der Waals surface area contributed by atoms with Gasteiger partial charge in [-0.2, -0.15) is 0 Å². The van der Waals surface area contributed by atoms with Gasteiger partial charge in [-0.15, -0.1) is 5.10 Å². The molecule has 166 valence electrons. The maximum Gasteiger partial charge on any atom is 0.118 e. The van der Waals surface area contributed by atoms with Gasteiger partial charge in [-0.3, -0.25) is 0 Å². The van der Waals surface area contributed by atoms with Crippen LogP contribution in [0.2, 0.25) is 0 Å². The van der Waals surface area contributed by atoms with Crippen LogP contribution >= 0.6 is 0 Å². The number of hydrogen-bond donors (Lipinski definition) is 1. The number of aryl methyl sites for hydroxylation is 3. The summed E-state index contributed by atoms with van der Waals surface area (Å²) in [4.78, 5) is 0. The van der Waals surface area contributed by atoms with E-state index in [4.69, 9.17) is 9.47 Å². The van der Waals surface area contributed by atoms with Crippen molar-refractivity contribution in [2.75, 3.05) is 7.11 Å². The van der Waals surface area contributed by atoms with Crippen molar-refractivity contribution < 1.29 is 14.6 Å². The second kappa shape index (κ2) is 9.51. The van der Waals surface area contributed by atoms with Gasteiger partial charge in [-0.05, 0) is 72.4 Å². The average molecular weight is 432 g/mol. The molecule has 0 aliphatic rings. The summed E-state index contributed by atoms with van der Waals surface area (Å²) in [5, 5.41) is 19.7. The van der Waals surface area contributed by atoms with E-state index in [2.05, 4.69) is 17.2 Å². The number of hydrogen-bond acceptors (Lipinski definition) is 5. The van der Waals surface area contributed by atoms with Gasteiger partial charge in [0, 0.05) is 6.54 Å². The fourth-order valence-corrected chi connectivity index (χ4v) is 3.91.